The molecule has 3 saturated heterocycles. The van der Waals surface area contributed by atoms with Gasteiger partial charge in [0, 0.05) is 26.2 Å². The molecule has 1 amide bonds. The summed E-state index contributed by atoms with van der Waals surface area (Å²) in [6.07, 6.45) is 0.325. The van der Waals surface area contributed by atoms with E-state index in [1.165, 1.54) is 23.5 Å². The first-order valence-electron chi connectivity index (χ1n) is 13.0. The van der Waals surface area contributed by atoms with Crippen LogP contribution in [0.1, 0.15) is 25.7 Å². The molecule has 12 heteroatoms. The van der Waals surface area contributed by atoms with Crippen LogP contribution in [-0.4, -0.2) is 119 Å². The number of nitrogens with zero attached hydrogens (tertiary/aromatic N) is 2. The minimum Gasteiger partial charge on any atom is -0.497 e. The molecular weight excluding hydrogens is 502 g/mol. The number of benzene rings is 1. The third-order valence-electron chi connectivity index (χ3n) is 7.09. The average molecular weight is 542 g/mol. The van der Waals surface area contributed by atoms with Gasteiger partial charge in [-0.1, -0.05) is 0 Å². The zero-order valence-electron chi connectivity index (χ0n) is 21.4. The highest BCUT2D eigenvalue weighted by Crippen LogP contribution is 2.32. The van der Waals surface area contributed by atoms with Crippen molar-refractivity contribution in [1.29, 1.82) is 0 Å². The summed E-state index contributed by atoms with van der Waals surface area (Å²) in [5, 5.41) is 13.3. The molecule has 4 rings (SSSR count). The topological polar surface area (TPSA) is 127 Å². The number of nitrogens with one attached hydrogen (secondary N) is 1. The van der Waals surface area contributed by atoms with E-state index in [9.17, 15) is 18.3 Å². The van der Waals surface area contributed by atoms with E-state index in [1.54, 1.807) is 12.1 Å². The molecule has 0 aliphatic carbocycles. The summed E-state index contributed by atoms with van der Waals surface area (Å²) in [7, 11) is -2.39. The van der Waals surface area contributed by atoms with E-state index < -0.39 is 28.3 Å². The van der Waals surface area contributed by atoms with Gasteiger partial charge in [0.25, 0.3) is 0 Å². The number of amides is 1. The van der Waals surface area contributed by atoms with Crippen LogP contribution in [0.4, 0.5) is 0 Å². The van der Waals surface area contributed by atoms with Gasteiger partial charge in [-0.2, -0.15) is 4.31 Å². The SMILES string of the molecule is COc1ccc(S(=O)(=O)N2C[C@H](O)COC[C@H]3O[C@@H](CC(=O)NCCCN4CCOCC4)CC[C@@H]32)cc1. The number of carbonyl (C=O) groups excluding carboxylic acids is 1. The fourth-order valence-electron chi connectivity index (χ4n) is 5.09. The molecule has 1 aromatic carbocycles. The first-order valence-corrected chi connectivity index (χ1v) is 14.4. The molecule has 1 aromatic rings. The Morgan fingerprint density at radius 3 is 2.62 bits per heavy atom. The predicted octanol–water partition coefficient (Wildman–Crippen LogP) is 0.222. The molecule has 0 aromatic heterocycles. The van der Waals surface area contributed by atoms with Crippen LogP contribution in [-0.2, 0) is 29.0 Å². The molecule has 0 saturated carbocycles. The van der Waals surface area contributed by atoms with Crippen molar-refractivity contribution in [3.05, 3.63) is 24.3 Å². The molecular formula is C25H39N3O8S. The molecule has 0 radical (unpaired) electrons. The maximum Gasteiger partial charge on any atom is 0.243 e. The summed E-state index contributed by atoms with van der Waals surface area (Å²) in [5.41, 5.74) is 0. The quantitative estimate of drug-likeness (QED) is 0.422. The summed E-state index contributed by atoms with van der Waals surface area (Å²) < 4.78 is 50.8. The summed E-state index contributed by atoms with van der Waals surface area (Å²) in [5.74, 6) is 0.483. The standard InChI is InChI=1S/C25H39N3O8S/c1-33-20-3-6-22(7-4-20)37(31,32)28-16-19(29)17-35-18-24-23(28)8-5-21(36-24)15-25(30)26-9-2-10-27-11-13-34-14-12-27/h3-4,6-7,19,21,23-24,29H,2,5,8-18H2,1H3,(H,26,30)/t19-,21+,23-,24+/m0/s1. The lowest BCUT2D eigenvalue weighted by Crippen LogP contribution is -2.57. The van der Waals surface area contributed by atoms with E-state index in [2.05, 4.69) is 10.2 Å². The van der Waals surface area contributed by atoms with E-state index in [4.69, 9.17) is 18.9 Å². The Morgan fingerprint density at radius 1 is 1.14 bits per heavy atom. The monoisotopic (exact) mass is 541 g/mol. The third-order valence-corrected chi connectivity index (χ3v) is 9.00. The first kappa shape index (κ1) is 28.2. The van der Waals surface area contributed by atoms with E-state index in [-0.39, 0.29) is 43.1 Å². The number of sulfonamides is 1. The molecule has 0 spiro atoms. The molecule has 0 unspecified atom stereocenters. The molecule has 4 atom stereocenters. The zero-order chi connectivity index (χ0) is 26.3. The van der Waals surface area contributed by atoms with E-state index in [0.717, 1.165) is 39.3 Å². The molecule has 11 nitrogen and oxygen atoms in total. The minimum absolute atomic E-state index is 0.00943. The Labute approximate surface area is 219 Å². The van der Waals surface area contributed by atoms with Gasteiger partial charge < -0.3 is 29.4 Å². The van der Waals surface area contributed by atoms with Crippen molar-refractivity contribution in [3.63, 3.8) is 0 Å². The van der Waals surface area contributed by atoms with Gasteiger partial charge in [-0.25, -0.2) is 8.42 Å². The number of morpholine rings is 1. The van der Waals surface area contributed by atoms with Crippen molar-refractivity contribution in [2.45, 2.75) is 54.9 Å². The Morgan fingerprint density at radius 2 is 1.89 bits per heavy atom. The highest BCUT2D eigenvalue weighted by atomic mass is 32.2. The van der Waals surface area contributed by atoms with Gasteiger partial charge in [0.1, 0.15) is 5.75 Å². The maximum absolute atomic E-state index is 13.6. The van der Waals surface area contributed by atoms with E-state index in [1.807, 2.05) is 0 Å². The first-order chi connectivity index (χ1) is 17.9. The van der Waals surface area contributed by atoms with Gasteiger partial charge in [0.2, 0.25) is 15.9 Å². The lowest BCUT2D eigenvalue weighted by atomic mass is 9.96. The fraction of sp³-hybridized carbons (Fsp3) is 0.720. The normalized spacial score (nSPS) is 28.1. The van der Waals surface area contributed by atoms with Crippen LogP contribution in [0.2, 0.25) is 0 Å². The number of β-amino-alcohol motifs (C(OH)–C–C–N with tert-alkyl or cyclic N) is 1. The van der Waals surface area contributed by atoms with Crippen molar-refractivity contribution < 1.29 is 37.3 Å². The molecule has 37 heavy (non-hydrogen) atoms. The molecule has 208 valence electrons. The largest absolute Gasteiger partial charge is 0.497 e. The van der Waals surface area contributed by atoms with Gasteiger partial charge >= 0.3 is 0 Å². The second-order valence-corrected chi connectivity index (χ2v) is 11.6. The highest BCUT2D eigenvalue weighted by molar-refractivity contribution is 7.89. The van der Waals surface area contributed by atoms with Crippen molar-refractivity contribution in [3.8, 4) is 5.75 Å². The van der Waals surface area contributed by atoms with Crippen molar-refractivity contribution in [1.82, 2.24) is 14.5 Å². The zero-order valence-corrected chi connectivity index (χ0v) is 22.2. The smallest absolute Gasteiger partial charge is 0.243 e. The van der Waals surface area contributed by atoms with Crippen molar-refractivity contribution in [2.75, 3.05) is 66.3 Å². The number of hydrogen-bond donors (Lipinski definition) is 2. The number of methoxy groups -OCH3 is 1. The van der Waals surface area contributed by atoms with Crippen LogP contribution >= 0.6 is 0 Å². The summed E-state index contributed by atoms with van der Waals surface area (Å²) >= 11 is 0. The van der Waals surface area contributed by atoms with Gasteiger partial charge in [-0.05, 0) is 50.1 Å². The molecule has 0 bridgehead atoms. The molecule has 3 aliphatic heterocycles. The van der Waals surface area contributed by atoms with Gasteiger partial charge in [0.05, 0.1) is 69.2 Å². The van der Waals surface area contributed by atoms with E-state index in [0.29, 0.717) is 25.1 Å². The van der Waals surface area contributed by atoms with Crippen LogP contribution < -0.4 is 10.1 Å². The minimum atomic E-state index is -3.90. The van der Waals surface area contributed by atoms with Crippen LogP contribution in [0, 0.1) is 0 Å². The molecule has 2 N–H and O–H groups in total. The van der Waals surface area contributed by atoms with Crippen molar-refractivity contribution in [2.24, 2.45) is 0 Å². The predicted molar refractivity (Wildman–Crippen MR) is 135 cm³/mol. The van der Waals surface area contributed by atoms with Gasteiger partial charge in [-0.15, -0.1) is 0 Å². The third kappa shape index (κ3) is 7.62. The van der Waals surface area contributed by atoms with Gasteiger partial charge in [-0.3, -0.25) is 9.69 Å². The van der Waals surface area contributed by atoms with Crippen LogP contribution in [0.5, 0.6) is 5.75 Å². The number of rotatable bonds is 9. The van der Waals surface area contributed by atoms with Gasteiger partial charge in [0.15, 0.2) is 0 Å². The number of aliphatic hydroxyl groups is 1. The van der Waals surface area contributed by atoms with Crippen LogP contribution in [0.15, 0.2) is 29.2 Å². The fourth-order valence-corrected chi connectivity index (χ4v) is 6.80. The van der Waals surface area contributed by atoms with Crippen molar-refractivity contribution >= 4 is 15.9 Å². The summed E-state index contributed by atoms with van der Waals surface area (Å²) in [6, 6.07) is 5.69. The van der Waals surface area contributed by atoms with Crippen LogP contribution in [0.3, 0.4) is 0 Å². The number of aliphatic hydroxyl groups excluding tert-OH is 1. The Balaban J connectivity index is 1.33. The Hall–Kier alpha value is -1.80. The molecule has 3 fully saturated rings. The summed E-state index contributed by atoms with van der Waals surface area (Å²) in [4.78, 5) is 15.0. The van der Waals surface area contributed by atoms with Crippen LogP contribution in [0.25, 0.3) is 0 Å². The number of carbonyl (C=O) groups is 1. The number of fused-ring (bicyclic) bond motifs is 1. The highest BCUT2D eigenvalue weighted by Gasteiger charge is 2.43. The lowest BCUT2D eigenvalue weighted by Gasteiger charge is -2.43. The number of hydrogen-bond acceptors (Lipinski definition) is 9. The molecule has 3 heterocycles. The lowest BCUT2D eigenvalue weighted by molar-refractivity contribution is -0.146. The second-order valence-electron chi connectivity index (χ2n) is 9.74. The second kappa shape index (κ2) is 13.3. The average Bonchev–Trinajstić information content (AvgIpc) is 2.90. The number of ether oxygens (including phenoxy) is 4. The maximum atomic E-state index is 13.6. The summed E-state index contributed by atoms with van der Waals surface area (Å²) in [6.45, 7) is 4.97. The van der Waals surface area contributed by atoms with E-state index >= 15 is 0 Å². The Kier molecular flexibility index (Phi) is 10.2. The molecule has 3 aliphatic rings. The Bertz CT molecular complexity index is 971.